The van der Waals surface area contributed by atoms with Crippen LogP contribution in [-0.2, 0) is 23.5 Å². The standard InChI is InChI=1S/C22H29N7O4S2/c1-4-6-17-19-20(27(3)26-17)22(30)25-21(24-19)16-13-15(7-8-18(16)33-5-2)35(31,32)29-11-9-28(10-12-29)34-14-23/h7-8,13-14,23H,4-6,9-12H2,1-3H3,(H,24,25,30). The van der Waals surface area contributed by atoms with Gasteiger partial charge in [-0.05, 0) is 43.5 Å². The van der Waals surface area contributed by atoms with Crippen molar-refractivity contribution in [3.8, 4) is 17.1 Å². The van der Waals surface area contributed by atoms with Crippen LogP contribution in [0.5, 0.6) is 5.75 Å². The minimum Gasteiger partial charge on any atom is -0.493 e. The molecule has 2 N–H and O–H groups in total. The largest absolute Gasteiger partial charge is 0.493 e. The molecule has 188 valence electrons. The second-order valence-electron chi connectivity index (χ2n) is 8.08. The van der Waals surface area contributed by atoms with Crippen LogP contribution in [0.3, 0.4) is 0 Å². The molecule has 2 aromatic heterocycles. The number of aromatic nitrogens is 4. The van der Waals surface area contributed by atoms with Crippen LogP contribution in [0.25, 0.3) is 22.4 Å². The number of aromatic amines is 1. The van der Waals surface area contributed by atoms with Gasteiger partial charge in [0, 0.05) is 33.2 Å². The van der Waals surface area contributed by atoms with E-state index in [1.807, 2.05) is 18.2 Å². The number of hydrogen-bond donors (Lipinski definition) is 2. The Morgan fingerprint density at radius 3 is 2.63 bits per heavy atom. The molecule has 35 heavy (non-hydrogen) atoms. The Balaban J connectivity index is 1.78. The Morgan fingerprint density at radius 2 is 1.97 bits per heavy atom. The molecule has 0 bridgehead atoms. The number of nitrogens with zero attached hydrogens (tertiary/aromatic N) is 5. The highest BCUT2D eigenvalue weighted by Crippen LogP contribution is 2.32. The number of benzene rings is 1. The van der Waals surface area contributed by atoms with Crippen molar-refractivity contribution < 1.29 is 13.2 Å². The van der Waals surface area contributed by atoms with E-state index in [9.17, 15) is 13.2 Å². The number of hydrogen-bond acceptors (Lipinski definition) is 9. The highest BCUT2D eigenvalue weighted by atomic mass is 32.2. The third-order valence-electron chi connectivity index (χ3n) is 5.79. The van der Waals surface area contributed by atoms with E-state index in [1.165, 1.54) is 38.6 Å². The first-order valence-corrected chi connectivity index (χ1v) is 13.7. The van der Waals surface area contributed by atoms with Gasteiger partial charge in [-0.2, -0.15) is 9.40 Å². The second-order valence-corrected chi connectivity index (χ2v) is 11.0. The first kappa shape index (κ1) is 25.4. The molecule has 13 heteroatoms. The average Bonchev–Trinajstić information content (AvgIpc) is 3.15. The van der Waals surface area contributed by atoms with E-state index >= 15 is 0 Å². The van der Waals surface area contributed by atoms with E-state index in [-0.39, 0.29) is 16.3 Å². The van der Waals surface area contributed by atoms with Crippen molar-refractivity contribution in [2.24, 2.45) is 7.05 Å². The van der Waals surface area contributed by atoms with E-state index < -0.39 is 10.0 Å². The predicted octanol–water partition coefficient (Wildman–Crippen LogP) is 2.24. The number of nitrogens with one attached hydrogen (secondary N) is 2. The fourth-order valence-corrected chi connectivity index (χ4v) is 6.13. The van der Waals surface area contributed by atoms with Gasteiger partial charge >= 0.3 is 0 Å². The molecular weight excluding hydrogens is 490 g/mol. The Morgan fingerprint density at radius 1 is 1.23 bits per heavy atom. The van der Waals surface area contributed by atoms with Crippen molar-refractivity contribution in [1.29, 1.82) is 5.41 Å². The highest BCUT2D eigenvalue weighted by Gasteiger charge is 2.30. The van der Waals surface area contributed by atoms with Gasteiger partial charge in [-0.15, -0.1) is 0 Å². The molecule has 0 saturated carbocycles. The van der Waals surface area contributed by atoms with Crippen molar-refractivity contribution in [2.45, 2.75) is 31.6 Å². The maximum Gasteiger partial charge on any atom is 0.277 e. The fourth-order valence-electron chi connectivity index (χ4n) is 4.15. The molecule has 11 nitrogen and oxygen atoms in total. The third kappa shape index (κ3) is 4.99. The van der Waals surface area contributed by atoms with E-state index in [0.717, 1.165) is 12.1 Å². The van der Waals surface area contributed by atoms with Crippen LogP contribution in [0.4, 0.5) is 0 Å². The van der Waals surface area contributed by atoms with Gasteiger partial charge in [0.25, 0.3) is 5.56 Å². The number of piperazine rings is 1. The molecule has 4 rings (SSSR count). The molecule has 0 spiro atoms. The molecule has 0 aliphatic carbocycles. The predicted molar refractivity (Wildman–Crippen MR) is 136 cm³/mol. The molecule has 3 aromatic rings. The molecule has 0 amide bonds. The lowest BCUT2D eigenvalue weighted by Gasteiger charge is -2.32. The van der Waals surface area contributed by atoms with Crippen molar-refractivity contribution in [2.75, 3.05) is 32.8 Å². The Kier molecular flexibility index (Phi) is 7.59. The Labute approximate surface area is 208 Å². The number of ether oxygens (including phenoxy) is 1. The van der Waals surface area contributed by atoms with Crippen molar-refractivity contribution >= 4 is 38.6 Å². The van der Waals surface area contributed by atoms with Crippen LogP contribution in [0.2, 0.25) is 0 Å². The zero-order valence-corrected chi connectivity index (χ0v) is 21.6. The number of rotatable bonds is 9. The maximum atomic E-state index is 13.4. The van der Waals surface area contributed by atoms with E-state index in [0.29, 0.717) is 61.6 Å². The van der Waals surface area contributed by atoms with Crippen LogP contribution >= 0.6 is 11.9 Å². The first-order valence-electron chi connectivity index (χ1n) is 11.4. The monoisotopic (exact) mass is 519 g/mol. The van der Waals surface area contributed by atoms with E-state index in [1.54, 1.807) is 13.1 Å². The Hall–Kier alpha value is -2.74. The van der Waals surface area contributed by atoms with E-state index in [4.69, 9.17) is 15.1 Å². The Bertz CT molecular complexity index is 1390. The van der Waals surface area contributed by atoms with Gasteiger partial charge in [-0.25, -0.2) is 17.7 Å². The van der Waals surface area contributed by atoms with Gasteiger partial charge in [0.1, 0.15) is 17.1 Å². The summed E-state index contributed by atoms with van der Waals surface area (Å²) >= 11 is 1.26. The molecule has 1 aromatic carbocycles. The molecule has 1 aliphatic rings. The average molecular weight is 520 g/mol. The van der Waals surface area contributed by atoms with Gasteiger partial charge in [0.15, 0.2) is 5.52 Å². The number of fused-ring (bicyclic) bond motifs is 1. The molecule has 0 atom stereocenters. The maximum absolute atomic E-state index is 13.4. The molecule has 1 aliphatic heterocycles. The minimum atomic E-state index is -3.78. The van der Waals surface area contributed by atoms with E-state index in [2.05, 4.69) is 10.1 Å². The minimum absolute atomic E-state index is 0.104. The third-order valence-corrected chi connectivity index (χ3v) is 8.46. The summed E-state index contributed by atoms with van der Waals surface area (Å²) in [5.74, 6) is 0.669. The summed E-state index contributed by atoms with van der Waals surface area (Å²) in [6.07, 6.45) is 1.52. The summed E-state index contributed by atoms with van der Waals surface area (Å²) in [6, 6.07) is 4.64. The van der Waals surface area contributed by atoms with Crippen LogP contribution < -0.4 is 10.3 Å². The molecule has 0 radical (unpaired) electrons. The summed E-state index contributed by atoms with van der Waals surface area (Å²) in [7, 11) is -2.07. The SMILES string of the molecule is CCCc1nn(C)c2c(=O)[nH]c(-c3cc(S(=O)(=O)N4CCN(SC=N)CC4)ccc3OCC)nc12. The second kappa shape index (κ2) is 10.5. The summed E-state index contributed by atoms with van der Waals surface area (Å²) < 4.78 is 37.5. The van der Waals surface area contributed by atoms with Gasteiger partial charge in [0.2, 0.25) is 10.0 Å². The zero-order chi connectivity index (χ0) is 25.2. The van der Waals surface area contributed by atoms with Crippen LogP contribution in [0.15, 0.2) is 27.9 Å². The normalized spacial score (nSPS) is 15.5. The van der Waals surface area contributed by atoms with Gasteiger partial charge in [-0.3, -0.25) is 9.48 Å². The number of sulfonamides is 1. The lowest BCUT2D eigenvalue weighted by molar-refractivity contribution is 0.290. The zero-order valence-electron chi connectivity index (χ0n) is 19.9. The van der Waals surface area contributed by atoms with Crippen molar-refractivity contribution in [3.05, 3.63) is 34.2 Å². The summed E-state index contributed by atoms with van der Waals surface area (Å²) in [5.41, 5.74) is 2.89. The van der Waals surface area contributed by atoms with Crippen LogP contribution in [-0.4, -0.2) is 75.1 Å². The molecule has 1 saturated heterocycles. The summed E-state index contributed by atoms with van der Waals surface area (Å²) in [4.78, 5) is 20.5. The molecule has 3 heterocycles. The van der Waals surface area contributed by atoms with Crippen LogP contribution in [0, 0.1) is 5.41 Å². The van der Waals surface area contributed by atoms with Crippen molar-refractivity contribution in [3.63, 3.8) is 0 Å². The van der Waals surface area contributed by atoms with Crippen molar-refractivity contribution in [1.82, 2.24) is 28.4 Å². The quantitative estimate of drug-likeness (QED) is 0.249. The van der Waals surface area contributed by atoms with Gasteiger partial charge in [-0.1, -0.05) is 13.3 Å². The fraction of sp³-hybridized carbons (Fsp3) is 0.455. The van der Waals surface area contributed by atoms with Gasteiger partial charge < -0.3 is 15.1 Å². The van der Waals surface area contributed by atoms with Crippen LogP contribution in [0.1, 0.15) is 26.0 Å². The first-order chi connectivity index (χ1) is 16.8. The highest BCUT2D eigenvalue weighted by molar-refractivity contribution is 8.09. The number of H-pyrrole nitrogens is 1. The molecular formula is C22H29N7O4S2. The van der Waals surface area contributed by atoms with Gasteiger partial charge in [0.05, 0.1) is 28.3 Å². The lowest BCUT2D eigenvalue weighted by Crippen LogP contribution is -2.46. The number of aryl methyl sites for hydroxylation is 2. The topological polar surface area (TPSA) is 137 Å². The summed E-state index contributed by atoms with van der Waals surface area (Å²) in [6.45, 7) is 5.92. The smallest absolute Gasteiger partial charge is 0.277 e. The summed E-state index contributed by atoms with van der Waals surface area (Å²) in [5, 5.41) is 11.7. The molecule has 0 unspecified atom stereocenters. The molecule has 1 fully saturated rings. The lowest BCUT2D eigenvalue weighted by atomic mass is 10.1.